The predicted molar refractivity (Wildman–Crippen MR) is 105 cm³/mol. The van der Waals surface area contributed by atoms with Crippen LogP contribution in [0.4, 0.5) is 4.79 Å². The number of ketones is 1. The standard InChI is InChI=1S/C19H33N3O3S/c1-2-20-17(24)12-6-4-3-5-9-14(23)10-7-8-11-16-18-15(13-26-16)21-19(25)22-18/h15-16,18H,2-13H2,1H3,(H,20,24)(H2,21,22,25)/t15-,16+,18-/m1/s1. The summed E-state index contributed by atoms with van der Waals surface area (Å²) >= 11 is 1.93. The number of carbonyl (C=O) groups is 3. The van der Waals surface area contributed by atoms with E-state index < -0.39 is 0 Å². The second-order valence-corrected chi connectivity index (χ2v) is 8.55. The van der Waals surface area contributed by atoms with E-state index in [0.29, 0.717) is 36.8 Å². The van der Waals surface area contributed by atoms with Crippen molar-refractivity contribution in [3.05, 3.63) is 0 Å². The molecule has 0 unspecified atom stereocenters. The molecule has 2 aliphatic heterocycles. The van der Waals surface area contributed by atoms with Crippen LogP contribution in [0, 0.1) is 0 Å². The SMILES string of the molecule is CCNC(=O)CCCCCCC(=O)CCCC[C@@H]1SC[C@H]2NC(=O)N[C@@H]12. The Morgan fingerprint density at radius 2 is 1.73 bits per heavy atom. The maximum atomic E-state index is 12.0. The number of amides is 3. The van der Waals surface area contributed by atoms with Gasteiger partial charge in [0.05, 0.1) is 12.1 Å². The smallest absolute Gasteiger partial charge is 0.315 e. The molecule has 2 rings (SSSR count). The van der Waals surface area contributed by atoms with E-state index in [1.165, 1.54) is 0 Å². The first-order valence-corrected chi connectivity index (χ1v) is 11.1. The van der Waals surface area contributed by atoms with Gasteiger partial charge in [-0.25, -0.2) is 4.79 Å². The minimum atomic E-state index is -0.0357. The number of fused-ring (bicyclic) bond motifs is 1. The van der Waals surface area contributed by atoms with Gasteiger partial charge in [-0.15, -0.1) is 0 Å². The van der Waals surface area contributed by atoms with E-state index in [1.54, 1.807) is 0 Å². The molecule has 0 aromatic carbocycles. The molecule has 2 saturated heterocycles. The Morgan fingerprint density at radius 3 is 2.46 bits per heavy atom. The number of nitrogens with one attached hydrogen (secondary N) is 3. The molecule has 3 amide bonds. The molecule has 6 nitrogen and oxygen atoms in total. The molecule has 26 heavy (non-hydrogen) atoms. The van der Waals surface area contributed by atoms with Crippen LogP contribution in [0.5, 0.6) is 0 Å². The molecule has 2 heterocycles. The van der Waals surface area contributed by atoms with Gasteiger partial charge in [-0.1, -0.05) is 19.3 Å². The van der Waals surface area contributed by atoms with Crippen LogP contribution in [0.2, 0.25) is 0 Å². The Labute approximate surface area is 161 Å². The molecule has 0 bridgehead atoms. The molecule has 0 radical (unpaired) electrons. The third-order valence-corrected chi connectivity index (χ3v) is 6.62. The molecule has 3 N–H and O–H groups in total. The zero-order valence-electron chi connectivity index (χ0n) is 15.9. The van der Waals surface area contributed by atoms with Crippen LogP contribution in [0.1, 0.15) is 71.1 Å². The summed E-state index contributed by atoms with van der Waals surface area (Å²) in [7, 11) is 0. The fraction of sp³-hybridized carbons (Fsp3) is 0.842. The van der Waals surface area contributed by atoms with Crippen LogP contribution >= 0.6 is 11.8 Å². The Balaban J connectivity index is 1.42. The van der Waals surface area contributed by atoms with Crippen molar-refractivity contribution in [2.75, 3.05) is 12.3 Å². The number of urea groups is 1. The summed E-state index contributed by atoms with van der Waals surface area (Å²) in [5.41, 5.74) is 0. The van der Waals surface area contributed by atoms with Gasteiger partial charge < -0.3 is 16.0 Å². The van der Waals surface area contributed by atoms with Crippen LogP contribution in [-0.2, 0) is 9.59 Å². The normalized spacial score (nSPS) is 24.0. The average Bonchev–Trinajstić information content (AvgIpc) is 3.14. The summed E-state index contributed by atoms with van der Waals surface area (Å²) in [6.45, 7) is 2.62. The first-order valence-electron chi connectivity index (χ1n) is 10.1. The monoisotopic (exact) mass is 383 g/mol. The number of Topliss-reactive ketones (excluding diaryl/α,β-unsaturated/α-hetero) is 1. The summed E-state index contributed by atoms with van der Waals surface area (Å²) < 4.78 is 0. The molecular weight excluding hydrogens is 350 g/mol. The lowest BCUT2D eigenvalue weighted by Crippen LogP contribution is -2.36. The second kappa shape index (κ2) is 11.5. The molecule has 2 aliphatic rings. The van der Waals surface area contributed by atoms with Crippen molar-refractivity contribution in [2.45, 2.75) is 88.5 Å². The molecule has 0 aliphatic carbocycles. The van der Waals surface area contributed by atoms with Crippen molar-refractivity contribution in [3.8, 4) is 0 Å². The van der Waals surface area contributed by atoms with Crippen LogP contribution < -0.4 is 16.0 Å². The summed E-state index contributed by atoms with van der Waals surface area (Å²) in [6.07, 6.45) is 8.91. The number of thioether (sulfide) groups is 1. The van der Waals surface area contributed by atoms with E-state index in [2.05, 4.69) is 16.0 Å². The lowest BCUT2D eigenvalue weighted by atomic mass is 10.0. The average molecular weight is 384 g/mol. The zero-order valence-corrected chi connectivity index (χ0v) is 16.7. The number of unbranched alkanes of at least 4 members (excludes halogenated alkanes) is 4. The summed E-state index contributed by atoms with van der Waals surface area (Å²) in [6, 6.07) is 0.515. The van der Waals surface area contributed by atoms with Gasteiger partial charge in [-0.2, -0.15) is 11.8 Å². The van der Waals surface area contributed by atoms with E-state index in [9.17, 15) is 14.4 Å². The topological polar surface area (TPSA) is 87.3 Å². The van der Waals surface area contributed by atoms with Crippen molar-refractivity contribution in [1.82, 2.24) is 16.0 Å². The molecule has 0 aromatic rings. The van der Waals surface area contributed by atoms with Crippen LogP contribution in [0.3, 0.4) is 0 Å². The Hall–Kier alpha value is -1.24. The fourth-order valence-corrected chi connectivity index (χ4v) is 5.23. The van der Waals surface area contributed by atoms with Gasteiger partial charge >= 0.3 is 6.03 Å². The van der Waals surface area contributed by atoms with Gasteiger partial charge in [0.15, 0.2) is 0 Å². The molecule has 7 heteroatoms. The maximum Gasteiger partial charge on any atom is 0.315 e. The predicted octanol–water partition coefficient (Wildman–Crippen LogP) is 2.76. The lowest BCUT2D eigenvalue weighted by Gasteiger charge is -2.16. The molecule has 0 aromatic heterocycles. The van der Waals surface area contributed by atoms with Crippen molar-refractivity contribution >= 4 is 29.5 Å². The molecular formula is C19H33N3O3S. The number of hydrogen-bond donors (Lipinski definition) is 3. The van der Waals surface area contributed by atoms with Crippen LogP contribution in [-0.4, -0.2) is 47.4 Å². The van der Waals surface area contributed by atoms with Crippen molar-refractivity contribution in [2.24, 2.45) is 0 Å². The number of carbonyl (C=O) groups excluding carboxylic acids is 3. The zero-order chi connectivity index (χ0) is 18.8. The van der Waals surface area contributed by atoms with E-state index in [1.807, 2.05) is 18.7 Å². The van der Waals surface area contributed by atoms with Gasteiger partial charge in [-0.05, 0) is 32.6 Å². The highest BCUT2D eigenvalue weighted by molar-refractivity contribution is 8.00. The second-order valence-electron chi connectivity index (χ2n) is 7.27. The van der Waals surface area contributed by atoms with Crippen LogP contribution in [0.15, 0.2) is 0 Å². The Bertz CT molecular complexity index is 487. The van der Waals surface area contributed by atoms with E-state index >= 15 is 0 Å². The van der Waals surface area contributed by atoms with Gasteiger partial charge in [0, 0.05) is 36.8 Å². The van der Waals surface area contributed by atoms with Crippen molar-refractivity contribution < 1.29 is 14.4 Å². The Morgan fingerprint density at radius 1 is 1.04 bits per heavy atom. The number of rotatable bonds is 13. The molecule has 148 valence electrons. The largest absolute Gasteiger partial charge is 0.356 e. The highest BCUT2D eigenvalue weighted by atomic mass is 32.2. The lowest BCUT2D eigenvalue weighted by molar-refractivity contribution is -0.121. The quantitative estimate of drug-likeness (QED) is 0.337. The van der Waals surface area contributed by atoms with E-state index in [-0.39, 0.29) is 24.0 Å². The first-order chi connectivity index (χ1) is 12.6. The molecule has 2 fully saturated rings. The third-order valence-electron chi connectivity index (χ3n) is 5.12. The summed E-state index contributed by atoms with van der Waals surface area (Å²) in [5, 5.41) is 9.25. The van der Waals surface area contributed by atoms with Gasteiger partial charge in [-0.3, -0.25) is 9.59 Å². The maximum absolute atomic E-state index is 12.0. The first kappa shape index (κ1) is 21.1. The highest BCUT2D eigenvalue weighted by Gasteiger charge is 2.42. The van der Waals surface area contributed by atoms with Gasteiger partial charge in [0.25, 0.3) is 0 Å². The number of hydrogen-bond acceptors (Lipinski definition) is 4. The van der Waals surface area contributed by atoms with Gasteiger partial charge in [0.2, 0.25) is 5.91 Å². The molecule has 3 atom stereocenters. The minimum Gasteiger partial charge on any atom is -0.356 e. The molecule has 0 spiro atoms. The van der Waals surface area contributed by atoms with Gasteiger partial charge in [0.1, 0.15) is 5.78 Å². The van der Waals surface area contributed by atoms with Crippen molar-refractivity contribution in [3.63, 3.8) is 0 Å². The molecule has 0 saturated carbocycles. The summed E-state index contributed by atoms with van der Waals surface area (Å²) in [5.74, 6) is 1.48. The Kier molecular flexibility index (Phi) is 9.29. The van der Waals surface area contributed by atoms with Crippen molar-refractivity contribution in [1.29, 1.82) is 0 Å². The third kappa shape index (κ3) is 7.17. The summed E-state index contributed by atoms with van der Waals surface area (Å²) in [4.78, 5) is 34.6. The van der Waals surface area contributed by atoms with E-state index in [0.717, 1.165) is 50.7 Å². The fourth-order valence-electron chi connectivity index (χ4n) is 3.68. The highest BCUT2D eigenvalue weighted by Crippen LogP contribution is 2.33. The van der Waals surface area contributed by atoms with Crippen LogP contribution in [0.25, 0.3) is 0 Å². The minimum absolute atomic E-state index is 0.0357. The van der Waals surface area contributed by atoms with E-state index in [4.69, 9.17) is 0 Å².